The maximum absolute atomic E-state index is 13.2. The van der Waals surface area contributed by atoms with Crippen LogP contribution in [0.5, 0.6) is 5.75 Å². The first-order valence-electron chi connectivity index (χ1n) is 10.2. The van der Waals surface area contributed by atoms with E-state index in [1.165, 1.54) is 34.5 Å². The van der Waals surface area contributed by atoms with Gasteiger partial charge in [0.25, 0.3) is 11.7 Å². The lowest BCUT2D eigenvalue weighted by atomic mass is 10.1. The molecular formula is C22H23IN2O6S. The van der Waals surface area contributed by atoms with Crippen LogP contribution in [-0.2, 0) is 26.0 Å². The van der Waals surface area contributed by atoms with Crippen molar-refractivity contribution < 1.29 is 27.9 Å². The molecule has 4 rings (SSSR count). The van der Waals surface area contributed by atoms with Gasteiger partial charge < -0.3 is 14.7 Å². The van der Waals surface area contributed by atoms with Gasteiger partial charge in [-0.25, -0.2) is 8.42 Å². The number of benzene rings is 2. The first kappa shape index (κ1) is 23.1. The van der Waals surface area contributed by atoms with Crippen molar-refractivity contribution in [2.45, 2.75) is 30.2 Å². The predicted molar refractivity (Wildman–Crippen MR) is 126 cm³/mol. The molecule has 8 nitrogen and oxygen atoms in total. The Morgan fingerprint density at radius 1 is 1.19 bits per heavy atom. The summed E-state index contributed by atoms with van der Waals surface area (Å²) in [5, 5.41) is 9.67. The molecule has 1 saturated heterocycles. The summed E-state index contributed by atoms with van der Waals surface area (Å²) in [6.07, 6.45) is 1.96. The molecule has 1 amide bonds. The topological polar surface area (TPSA) is 104 Å². The summed E-state index contributed by atoms with van der Waals surface area (Å²) >= 11 is 2.03. The SMILES string of the molecule is COC[C@@H]1CCCN1S(=O)(=O)c1ccc2c(c1)C(=O)C(=O)N2CCc1ccc(O)c([123I])c1. The average Bonchev–Trinajstić information content (AvgIpc) is 3.33. The number of halogens is 1. The van der Waals surface area contributed by atoms with E-state index < -0.39 is 21.7 Å². The van der Waals surface area contributed by atoms with Gasteiger partial charge in [-0.15, -0.1) is 0 Å². The summed E-state index contributed by atoms with van der Waals surface area (Å²) in [4.78, 5) is 26.6. The summed E-state index contributed by atoms with van der Waals surface area (Å²) in [5.41, 5.74) is 1.44. The second-order valence-electron chi connectivity index (χ2n) is 7.87. The van der Waals surface area contributed by atoms with E-state index in [4.69, 9.17) is 4.74 Å². The van der Waals surface area contributed by atoms with Crippen LogP contribution < -0.4 is 4.90 Å². The molecule has 0 radical (unpaired) electrons. The van der Waals surface area contributed by atoms with Crippen molar-refractivity contribution in [3.8, 4) is 5.75 Å². The number of ether oxygens (including phenoxy) is 1. The molecule has 0 aromatic heterocycles. The third-order valence-corrected chi connectivity index (χ3v) is 8.68. The minimum Gasteiger partial charge on any atom is -0.507 e. The van der Waals surface area contributed by atoms with Crippen molar-refractivity contribution in [3.63, 3.8) is 0 Å². The highest BCUT2D eigenvalue weighted by molar-refractivity contribution is 14.1. The summed E-state index contributed by atoms with van der Waals surface area (Å²) in [6, 6.07) is 9.25. The number of hydrogen-bond acceptors (Lipinski definition) is 6. The van der Waals surface area contributed by atoms with Gasteiger partial charge in [0.2, 0.25) is 10.0 Å². The van der Waals surface area contributed by atoms with Crippen LogP contribution in [0.25, 0.3) is 0 Å². The Morgan fingerprint density at radius 3 is 2.69 bits per heavy atom. The zero-order valence-electron chi connectivity index (χ0n) is 17.5. The Morgan fingerprint density at radius 2 is 1.97 bits per heavy atom. The molecule has 1 atom stereocenters. The zero-order valence-corrected chi connectivity index (χ0v) is 20.4. The molecule has 32 heavy (non-hydrogen) atoms. The van der Waals surface area contributed by atoms with Gasteiger partial charge in [0.15, 0.2) is 0 Å². The summed E-state index contributed by atoms with van der Waals surface area (Å²) in [6.45, 7) is 0.982. The highest BCUT2D eigenvalue weighted by Gasteiger charge is 2.39. The van der Waals surface area contributed by atoms with Crippen molar-refractivity contribution in [3.05, 3.63) is 51.1 Å². The zero-order chi connectivity index (χ0) is 23.0. The molecule has 2 aliphatic rings. The van der Waals surface area contributed by atoms with Gasteiger partial charge >= 0.3 is 0 Å². The number of methoxy groups -OCH3 is 1. The molecule has 1 N–H and O–H groups in total. The number of hydrogen-bond donors (Lipinski definition) is 1. The standard InChI is InChI=1S/C22H23IN2O6S/c1-31-13-15-3-2-9-25(15)32(29,30)16-5-6-19-17(12-16)21(27)22(28)24(19)10-8-14-4-7-20(26)18(23)11-14/h4-7,11-12,15,26H,2-3,8-10,13H2,1H3/t15-/m0/s1/i23-4. The lowest BCUT2D eigenvalue weighted by Crippen LogP contribution is -2.38. The van der Waals surface area contributed by atoms with Crippen LogP contribution in [0.1, 0.15) is 28.8 Å². The van der Waals surface area contributed by atoms with Crippen molar-refractivity contribution in [1.82, 2.24) is 4.31 Å². The van der Waals surface area contributed by atoms with Gasteiger partial charge in [-0.05, 0) is 77.7 Å². The molecule has 0 unspecified atom stereocenters. The van der Waals surface area contributed by atoms with E-state index >= 15 is 0 Å². The Labute approximate surface area is 200 Å². The fourth-order valence-electron chi connectivity index (χ4n) is 4.23. The van der Waals surface area contributed by atoms with E-state index in [-0.39, 0.29) is 28.8 Å². The number of amides is 1. The number of phenolic OH excluding ortho intramolecular Hbond substituents is 1. The molecule has 2 aliphatic heterocycles. The minimum absolute atomic E-state index is 0.00958. The summed E-state index contributed by atoms with van der Waals surface area (Å²) < 4.78 is 33.7. The third-order valence-electron chi connectivity index (χ3n) is 5.87. The number of carbonyl (C=O) groups excluding carboxylic acids is 2. The average molecular weight is 566 g/mol. The third kappa shape index (κ3) is 4.16. The monoisotopic (exact) mass is 566 g/mol. The number of rotatable bonds is 7. The molecule has 0 spiro atoms. The number of Topliss-reactive ketones (excluding diaryl/α,β-unsaturated/α-hetero) is 1. The van der Waals surface area contributed by atoms with Gasteiger partial charge in [0.05, 0.1) is 26.3 Å². The molecule has 2 aromatic carbocycles. The highest BCUT2D eigenvalue weighted by Crippen LogP contribution is 2.34. The van der Waals surface area contributed by atoms with Crippen LogP contribution in [0.4, 0.5) is 5.69 Å². The largest absolute Gasteiger partial charge is 0.507 e. The van der Waals surface area contributed by atoms with Crippen LogP contribution in [-0.4, -0.2) is 62.4 Å². The van der Waals surface area contributed by atoms with E-state index in [1.54, 1.807) is 12.1 Å². The van der Waals surface area contributed by atoms with Gasteiger partial charge in [-0.3, -0.25) is 9.59 Å². The molecule has 170 valence electrons. The molecule has 1 fully saturated rings. The van der Waals surface area contributed by atoms with Gasteiger partial charge in [-0.1, -0.05) is 6.07 Å². The Kier molecular flexibility index (Phi) is 6.57. The quantitative estimate of drug-likeness (QED) is 0.408. The molecule has 0 bridgehead atoms. The van der Waals surface area contributed by atoms with E-state index in [1.807, 2.05) is 28.7 Å². The van der Waals surface area contributed by atoms with E-state index in [0.29, 0.717) is 28.8 Å². The highest BCUT2D eigenvalue weighted by atomic mass is 123. The second-order valence-corrected chi connectivity index (χ2v) is 10.9. The van der Waals surface area contributed by atoms with Gasteiger partial charge in [0.1, 0.15) is 5.75 Å². The second kappa shape index (κ2) is 9.08. The van der Waals surface area contributed by atoms with Crippen molar-refractivity contribution in [2.75, 3.05) is 31.7 Å². The molecular weight excluding hydrogens is 543 g/mol. The van der Waals surface area contributed by atoms with Crippen LogP contribution in [0, 0.1) is 3.57 Å². The number of anilines is 1. The van der Waals surface area contributed by atoms with Crippen molar-refractivity contribution in [2.24, 2.45) is 0 Å². The molecule has 0 saturated carbocycles. The maximum atomic E-state index is 13.2. The summed E-state index contributed by atoms with van der Waals surface area (Å²) in [5.74, 6) is -1.18. The fraction of sp³-hybridized carbons (Fsp3) is 0.364. The molecule has 2 aromatic rings. The number of phenols is 1. The first-order chi connectivity index (χ1) is 15.2. The predicted octanol–water partition coefficient (Wildman–Crippen LogP) is 2.57. The maximum Gasteiger partial charge on any atom is 0.299 e. The molecule has 2 heterocycles. The number of nitrogens with zero attached hydrogens (tertiary/aromatic N) is 2. The number of aromatic hydroxyl groups is 1. The van der Waals surface area contributed by atoms with Crippen LogP contribution in [0.3, 0.4) is 0 Å². The molecule has 10 heteroatoms. The van der Waals surface area contributed by atoms with Crippen LogP contribution >= 0.6 is 22.6 Å². The van der Waals surface area contributed by atoms with E-state index in [9.17, 15) is 23.1 Å². The lowest BCUT2D eigenvalue weighted by molar-refractivity contribution is -0.114. The Hall–Kier alpha value is -2.02. The normalized spacial score (nSPS) is 19.1. The number of ketones is 1. The van der Waals surface area contributed by atoms with Crippen LogP contribution in [0.2, 0.25) is 0 Å². The number of fused-ring (bicyclic) bond motifs is 1. The Bertz CT molecular complexity index is 1180. The summed E-state index contributed by atoms with van der Waals surface area (Å²) in [7, 11) is -2.27. The van der Waals surface area contributed by atoms with E-state index in [0.717, 1.165) is 18.4 Å². The van der Waals surface area contributed by atoms with Crippen molar-refractivity contribution >= 4 is 50.0 Å². The first-order valence-corrected chi connectivity index (χ1v) is 12.7. The smallest absolute Gasteiger partial charge is 0.299 e. The fourth-order valence-corrected chi connectivity index (χ4v) is 6.51. The van der Waals surface area contributed by atoms with Gasteiger partial charge in [-0.2, -0.15) is 4.31 Å². The van der Waals surface area contributed by atoms with E-state index in [2.05, 4.69) is 0 Å². The Balaban J connectivity index is 1.58. The number of carbonyl (C=O) groups is 2. The minimum atomic E-state index is -3.81. The number of sulfonamides is 1. The van der Waals surface area contributed by atoms with Crippen LogP contribution in [0.15, 0.2) is 41.3 Å². The molecule has 0 aliphatic carbocycles. The lowest BCUT2D eigenvalue weighted by Gasteiger charge is -2.24. The van der Waals surface area contributed by atoms with Crippen molar-refractivity contribution in [1.29, 1.82) is 0 Å². The van der Waals surface area contributed by atoms with Gasteiger partial charge in [0, 0.05) is 26.2 Å².